The van der Waals surface area contributed by atoms with Gasteiger partial charge in [0, 0.05) is 39.2 Å². The van der Waals surface area contributed by atoms with Crippen LogP contribution < -0.4 is 0 Å². The van der Waals surface area contributed by atoms with Crippen LogP contribution in [0.3, 0.4) is 0 Å². The molecule has 6 rings (SSSR count). The molecule has 0 bridgehead atoms. The number of benzene rings is 3. The molecule has 222 valence electrons. The third-order valence-corrected chi connectivity index (χ3v) is 8.07. The molecule has 5 aromatic rings. The van der Waals surface area contributed by atoms with Crippen molar-refractivity contribution in [3.63, 3.8) is 0 Å². The van der Waals surface area contributed by atoms with E-state index in [9.17, 15) is 9.59 Å². The zero-order valence-corrected chi connectivity index (χ0v) is 25.0. The van der Waals surface area contributed by atoms with Gasteiger partial charge in [0.2, 0.25) is 11.8 Å². The zero-order valence-electron chi connectivity index (χ0n) is 25.0. The lowest BCUT2D eigenvalue weighted by Crippen LogP contribution is -2.52. The third kappa shape index (κ3) is 6.52. The predicted molar refractivity (Wildman–Crippen MR) is 168 cm³/mol. The average Bonchev–Trinajstić information content (AvgIpc) is 3.71. The summed E-state index contributed by atoms with van der Waals surface area (Å²) < 4.78 is 3.42. The standard InChI is InChI=1S/C35H35N7O2/c1-26-20-32(39(2)38-26)16-17-34(43)41(22-28-12-14-31(15-13-28)42-25-36-24-37-42)33(21-27-8-4-3-5-9-27)35(44)40-19-18-29-10-6-7-11-30(29)23-40/h3-17,20,24-25,33H,18-19,21-23H2,1-2H3/t33-/m0/s1. The second-order valence-corrected chi connectivity index (χ2v) is 11.1. The summed E-state index contributed by atoms with van der Waals surface area (Å²) in [5.74, 6) is -0.295. The molecule has 0 aliphatic carbocycles. The lowest BCUT2D eigenvalue weighted by Gasteiger charge is -2.37. The molecule has 2 amide bonds. The summed E-state index contributed by atoms with van der Waals surface area (Å²) in [4.78, 5) is 36.2. The number of amides is 2. The Labute approximate surface area is 257 Å². The molecule has 1 atom stereocenters. The van der Waals surface area contributed by atoms with Crippen molar-refractivity contribution in [2.45, 2.75) is 38.9 Å². The first-order valence-corrected chi connectivity index (χ1v) is 14.8. The van der Waals surface area contributed by atoms with Gasteiger partial charge < -0.3 is 9.80 Å². The van der Waals surface area contributed by atoms with Crippen molar-refractivity contribution in [2.75, 3.05) is 6.54 Å². The fourth-order valence-corrected chi connectivity index (χ4v) is 5.74. The molecule has 0 saturated heterocycles. The van der Waals surface area contributed by atoms with Gasteiger partial charge in [0.15, 0.2) is 0 Å². The second-order valence-electron chi connectivity index (χ2n) is 11.1. The van der Waals surface area contributed by atoms with Crippen LogP contribution in [0.1, 0.15) is 33.6 Å². The lowest BCUT2D eigenvalue weighted by atomic mass is 9.97. The van der Waals surface area contributed by atoms with E-state index >= 15 is 0 Å². The van der Waals surface area contributed by atoms with Gasteiger partial charge in [0.05, 0.1) is 17.1 Å². The van der Waals surface area contributed by atoms with E-state index in [-0.39, 0.29) is 18.4 Å². The maximum Gasteiger partial charge on any atom is 0.247 e. The highest BCUT2D eigenvalue weighted by Gasteiger charge is 2.34. The van der Waals surface area contributed by atoms with Crippen LogP contribution in [-0.4, -0.2) is 58.7 Å². The van der Waals surface area contributed by atoms with Crippen LogP contribution in [0.4, 0.5) is 0 Å². The minimum absolute atomic E-state index is 0.0549. The molecule has 9 nitrogen and oxygen atoms in total. The summed E-state index contributed by atoms with van der Waals surface area (Å²) in [6, 6.07) is 27.2. The number of aryl methyl sites for hydroxylation is 2. The van der Waals surface area contributed by atoms with Gasteiger partial charge in [-0.15, -0.1) is 0 Å². The van der Waals surface area contributed by atoms with E-state index in [4.69, 9.17) is 0 Å². The van der Waals surface area contributed by atoms with Crippen molar-refractivity contribution < 1.29 is 9.59 Å². The molecule has 0 unspecified atom stereocenters. The van der Waals surface area contributed by atoms with Gasteiger partial charge >= 0.3 is 0 Å². The molecule has 1 aliphatic rings. The lowest BCUT2D eigenvalue weighted by molar-refractivity contribution is -0.144. The highest BCUT2D eigenvalue weighted by Crippen LogP contribution is 2.23. The summed E-state index contributed by atoms with van der Waals surface area (Å²) in [7, 11) is 1.85. The van der Waals surface area contributed by atoms with Crippen LogP contribution in [0, 0.1) is 6.92 Å². The number of carbonyl (C=O) groups is 2. The number of aromatic nitrogens is 5. The van der Waals surface area contributed by atoms with Crippen LogP contribution in [-0.2, 0) is 42.6 Å². The fourth-order valence-electron chi connectivity index (χ4n) is 5.74. The van der Waals surface area contributed by atoms with Crippen molar-refractivity contribution in [2.24, 2.45) is 7.05 Å². The first-order valence-electron chi connectivity index (χ1n) is 14.8. The first kappa shape index (κ1) is 28.8. The molecule has 0 fully saturated rings. The van der Waals surface area contributed by atoms with Gasteiger partial charge in [-0.1, -0.05) is 66.7 Å². The monoisotopic (exact) mass is 585 g/mol. The minimum atomic E-state index is -0.705. The number of nitrogens with zero attached hydrogens (tertiary/aromatic N) is 7. The minimum Gasteiger partial charge on any atom is -0.336 e. The highest BCUT2D eigenvalue weighted by atomic mass is 16.2. The molecular weight excluding hydrogens is 550 g/mol. The van der Waals surface area contributed by atoms with E-state index in [1.54, 1.807) is 32.7 Å². The van der Waals surface area contributed by atoms with E-state index in [2.05, 4.69) is 27.3 Å². The van der Waals surface area contributed by atoms with Crippen molar-refractivity contribution in [3.8, 4) is 5.69 Å². The number of hydrogen-bond acceptors (Lipinski definition) is 5. The molecule has 0 saturated carbocycles. The summed E-state index contributed by atoms with van der Waals surface area (Å²) in [5.41, 5.74) is 6.86. The topological polar surface area (TPSA) is 89.1 Å². The Morgan fingerprint density at radius 1 is 0.955 bits per heavy atom. The molecule has 3 heterocycles. The Balaban J connectivity index is 1.35. The highest BCUT2D eigenvalue weighted by molar-refractivity contribution is 5.95. The summed E-state index contributed by atoms with van der Waals surface area (Å²) in [5, 5.41) is 8.61. The summed E-state index contributed by atoms with van der Waals surface area (Å²) in [6.07, 6.45) is 7.64. The van der Waals surface area contributed by atoms with Gasteiger partial charge in [-0.3, -0.25) is 14.3 Å². The van der Waals surface area contributed by atoms with E-state index in [0.29, 0.717) is 19.5 Å². The molecule has 44 heavy (non-hydrogen) atoms. The van der Waals surface area contributed by atoms with E-state index < -0.39 is 6.04 Å². The molecule has 2 aromatic heterocycles. The molecular formula is C35H35N7O2. The quantitative estimate of drug-likeness (QED) is 0.237. The van der Waals surface area contributed by atoms with Gasteiger partial charge in [-0.2, -0.15) is 10.2 Å². The molecule has 3 aromatic carbocycles. The van der Waals surface area contributed by atoms with Gasteiger partial charge in [0.1, 0.15) is 18.7 Å². The largest absolute Gasteiger partial charge is 0.336 e. The maximum atomic E-state index is 14.5. The SMILES string of the molecule is Cc1cc(C=CC(=O)N(Cc2ccc(-n3cncn3)cc2)[C@@H](Cc2ccccc2)C(=O)N2CCc3ccccc3C2)n(C)n1. The zero-order chi connectivity index (χ0) is 30.5. The Morgan fingerprint density at radius 3 is 2.41 bits per heavy atom. The number of carbonyl (C=O) groups excluding carboxylic acids is 2. The van der Waals surface area contributed by atoms with E-state index in [0.717, 1.165) is 40.2 Å². The molecule has 0 radical (unpaired) electrons. The molecule has 0 spiro atoms. The summed E-state index contributed by atoms with van der Waals surface area (Å²) >= 11 is 0. The van der Waals surface area contributed by atoms with Crippen molar-refractivity contribution in [3.05, 3.63) is 137 Å². The molecule has 9 heteroatoms. The number of fused-ring (bicyclic) bond motifs is 1. The summed E-state index contributed by atoms with van der Waals surface area (Å²) in [6.45, 7) is 3.32. The Bertz CT molecular complexity index is 1760. The van der Waals surface area contributed by atoms with Crippen LogP contribution >= 0.6 is 0 Å². The van der Waals surface area contributed by atoms with Crippen LogP contribution in [0.5, 0.6) is 0 Å². The average molecular weight is 586 g/mol. The van der Waals surface area contributed by atoms with E-state index in [1.807, 2.05) is 91.7 Å². The van der Waals surface area contributed by atoms with Crippen molar-refractivity contribution >= 4 is 17.9 Å². The van der Waals surface area contributed by atoms with Gasteiger partial charge in [-0.25, -0.2) is 9.67 Å². The molecule has 0 N–H and O–H groups in total. The smallest absolute Gasteiger partial charge is 0.247 e. The fraction of sp³-hybridized carbons (Fsp3) is 0.229. The Kier molecular flexibility index (Phi) is 8.45. The predicted octanol–water partition coefficient (Wildman–Crippen LogP) is 4.55. The van der Waals surface area contributed by atoms with Crippen LogP contribution in [0.2, 0.25) is 0 Å². The third-order valence-electron chi connectivity index (χ3n) is 8.07. The Hall–Kier alpha value is -5.31. The van der Waals surface area contributed by atoms with Gasteiger partial charge in [-0.05, 0) is 59.9 Å². The second kappa shape index (κ2) is 12.9. The van der Waals surface area contributed by atoms with Gasteiger partial charge in [0.25, 0.3) is 0 Å². The van der Waals surface area contributed by atoms with Crippen molar-refractivity contribution in [1.82, 2.24) is 34.3 Å². The molecule has 1 aliphatic heterocycles. The van der Waals surface area contributed by atoms with Crippen LogP contribution in [0.15, 0.2) is 104 Å². The van der Waals surface area contributed by atoms with Crippen LogP contribution in [0.25, 0.3) is 11.8 Å². The first-order chi connectivity index (χ1) is 21.4. The maximum absolute atomic E-state index is 14.5. The normalized spacial score (nSPS) is 13.5. The number of hydrogen-bond donors (Lipinski definition) is 0. The number of rotatable bonds is 9. The van der Waals surface area contributed by atoms with E-state index in [1.165, 1.54) is 11.9 Å². The Morgan fingerprint density at radius 2 is 1.70 bits per heavy atom. The van der Waals surface area contributed by atoms with Crippen molar-refractivity contribution in [1.29, 1.82) is 0 Å².